The summed E-state index contributed by atoms with van der Waals surface area (Å²) in [6.45, 7) is 0. The predicted octanol–water partition coefficient (Wildman–Crippen LogP) is 2.56. The molecule has 2 aromatic carbocycles. The Morgan fingerprint density at radius 2 is 1.87 bits per heavy atom. The molecule has 0 radical (unpaired) electrons. The molecule has 0 aromatic heterocycles. The van der Waals surface area contributed by atoms with Gasteiger partial charge in [0.25, 0.3) is 0 Å². The first-order chi connectivity index (χ1) is 11.2. The van der Waals surface area contributed by atoms with Crippen LogP contribution in [0.4, 0.5) is 0 Å². The third-order valence-electron chi connectivity index (χ3n) is 3.29. The van der Waals surface area contributed by atoms with Gasteiger partial charge in [-0.2, -0.15) is 5.10 Å². The lowest BCUT2D eigenvalue weighted by Gasteiger charge is -2.04. The lowest BCUT2D eigenvalue weighted by atomic mass is 10.1. The fourth-order valence-electron chi connectivity index (χ4n) is 2.12. The Morgan fingerprint density at radius 3 is 2.61 bits per heavy atom. The molecule has 2 aromatic rings. The average molecular weight is 325 g/mol. The SMILES string of the molecule is O=C1N/C(=N/N=C/c2ccc(O)cc2)S[C@H]1Cc1ccccc1. The summed E-state index contributed by atoms with van der Waals surface area (Å²) in [6, 6.07) is 16.5. The molecule has 23 heavy (non-hydrogen) atoms. The molecule has 3 rings (SSSR count). The van der Waals surface area contributed by atoms with Crippen molar-refractivity contribution in [1.29, 1.82) is 0 Å². The first kappa shape index (κ1) is 15.3. The minimum absolute atomic E-state index is 0.0440. The van der Waals surface area contributed by atoms with Gasteiger partial charge in [-0.1, -0.05) is 42.1 Å². The van der Waals surface area contributed by atoms with Crippen molar-refractivity contribution in [1.82, 2.24) is 5.32 Å². The highest BCUT2D eigenvalue weighted by Crippen LogP contribution is 2.23. The van der Waals surface area contributed by atoms with Crippen molar-refractivity contribution < 1.29 is 9.90 Å². The summed E-state index contributed by atoms with van der Waals surface area (Å²) in [7, 11) is 0. The molecule has 1 aliphatic heterocycles. The van der Waals surface area contributed by atoms with Crippen LogP contribution >= 0.6 is 11.8 Å². The maximum Gasteiger partial charge on any atom is 0.239 e. The Labute approximate surface area is 138 Å². The van der Waals surface area contributed by atoms with Gasteiger partial charge < -0.3 is 10.4 Å². The van der Waals surface area contributed by atoms with E-state index in [4.69, 9.17) is 0 Å². The molecule has 0 spiro atoms. The normalized spacial score (nSPS) is 19.4. The van der Waals surface area contributed by atoms with Crippen LogP contribution in [0.2, 0.25) is 0 Å². The van der Waals surface area contributed by atoms with E-state index in [0.717, 1.165) is 11.1 Å². The number of hydrogen-bond donors (Lipinski definition) is 2. The van der Waals surface area contributed by atoms with E-state index in [9.17, 15) is 9.90 Å². The van der Waals surface area contributed by atoms with E-state index >= 15 is 0 Å². The van der Waals surface area contributed by atoms with Gasteiger partial charge in [0.2, 0.25) is 5.91 Å². The number of phenolic OH excluding ortho intramolecular Hbond substituents is 1. The zero-order valence-electron chi connectivity index (χ0n) is 12.2. The fraction of sp³-hybridized carbons (Fsp3) is 0.118. The lowest BCUT2D eigenvalue weighted by Crippen LogP contribution is -2.25. The number of carbonyl (C=O) groups is 1. The second-order valence-corrected chi connectivity index (χ2v) is 6.22. The Hall–Kier alpha value is -2.60. The smallest absolute Gasteiger partial charge is 0.239 e. The Balaban J connectivity index is 1.61. The van der Waals surface area contributed by atoms with E-state index in [0.29, 0.717) is 11.6 Å². The Kier molecular flexibility index (Phi) is 4.73. The molecule has 0 unspecified atom stereocenters. The zero-order chi connectivity index (χ0) is 16.1. The number of hydrogen-bond acceptors (Lipinski definition) is 5. The summed E-state index contributed by atoms with van der Waals surface area (Å²) in [5.74, 6) is 0.160. The van der Waals surface area contributed by atoms with Crippen molar-refractivity contribution in [3.63, 3.8) is 0 Å². The van der Waals surface area contributed by atoms with Gasteiger partial charge in [-0.25, -0.2) is 0 Å². The van der Waals surface area contributed by atoms with Crippen LogP contribution in [-0.4, -0.2) is 27.6 Å². The van der Waals surface area contributed by atoms with E-state index in [2.05, 4.69) is 15.5 Å². The molecule has 1 heterocycles. The van der Waals surface area contributed by atoms with Gasteiger partial charge in [-0.05, 0) is 41.8 Å². The molecule has 5 nitrogen and oxygen atoms in total. The molecule has 1 amide bonds. The first-order valence-corrected chi connectivity index (χ1v) is 8.00. The molecule has 6 heteroatoms. The molecule has 1 fully saturated rings. The summed E-state index contributed by atoms with van der Waals surface area (Å²) >= 11 is 1.39. The molecule has 1 aliphatic rings. The highest BCUT2D eigenvalue weighted by Gasteiger charge is 2.30. The van der Waals surface area contributed by atoms with Gasteiger partial charge in [0, 0.05) is 0 Å². The van der Waals surface area contributed by atoms with Crippen LogP contribution in [-0.2, 0) is 11.2 Å². The van der Waals surface area contributed by atoms with E-state index in [1.54, 1.807) is 30.5 Å². The molecule has 0 bridgehead atoms. The number of amides is 1. The Bertz CT molecular complexity index is 742. The zero-order valence-corrected chi connectivity index (χ0v) is 13.0. The Morgan fingerprint density at radius 1 is 1.13 bits per heavy atom. The minimum atomic E-state index is -0.181. The second kappa shape index (κ2) is 7.11. The number of benzene rings is 2. The number of carbonyl (C=O) groups excluding carboxylic acids is 1. The highest BCUT2D eigenvalue weighted by atomic mass is 32.2. The molecule has 2 N–H and O–H groups in total. The summed E-state index contributed by atoms with van der Waals surface area (Å²) in [4.78, 5) is 12.0. The molecule has 0 saturated carbocycles. The summed E-state index contributed by atoms with van der Waals surface area (Å²) in [5, 5.41) is 20.3. The van der Waals surface area contributed by atoms with Crippen LogP contribution < -0.4 is 5.32 Å². The van der Waals surface area contributed by atoms with Crippen LogP contribution in [0, 0.1) is 0 Å². The topological polar surface area (TPSA) is 74.0 Å². The maximum atomic E-state index is 12.0. The molecular weight excluding hydrogens is 310 g/mol. The van der Waals surface area contributed by atoms with E-state index in [1.807, 2.05) is 30.3 Å². The molecular formula is C17H15N3O2S. The predicted molar refractivity (Wildman–Crippen MR) is 92.8 cm³/mol. The number of rotatable bonds is 4. The summed E-state index contributed by atoms with van der Waals surface area (Å²) < 4.78 is 0. The van der Waals surface area contributed by atoms with Crippen LogP contribution in [0.1, 0.15) is 11.1 Å². The standard InChI is InChI=1S/C17H15N3O2S/c21-14-8-6-13(7-9-14)11-18-20-17-19-16(22)15(23-17)10-12-4-2-1-3-5-12/h1-9,11,15,21H,10H2,(H,19,20,22)/b18-11+/t15-/m0/s1. The fourth-order valence-corrected chi connectivity index (χ4v) is 3.09. The minimum Gasteiger partial charge on any atom is -0.508 e. The van der Waals surface area contributed by atoms with E-state index in [1.165, 1.54) is 11.8 Å². The molecule has 0 aliphatic carbocycles. The van der Waals surface area contributed by atoms with Gasteiger partial charge in [-0.3, -0.25) is 4.79 Å². The van der Waals surface area contributed by atoms with Crippen molar-refractivity contribution in [3.05, 3.63) is 65.7 Å². The average Bonchev–Trinajstić information content (AvgIpc) is 2.90. The largest absolute Gasteiger partial charge is 0.508 e. The number of amidine groups is 1. The van der Waals surface area contributed by atoms with Gasteiger partial charge in [0.1, 0.15) is 5.75 Å². The number of aromatic hydroxyl groups is 1. The van der Waals surface area contributed by atoms with Gasteiger partial charge in [-0.15, -0.1) is 5.10 Å². The van der Waals surface area contributed by atoms with Crippen LogP contribution in [0.3, 0.4) is 0 Å². The number of thioether (sulfide) groups is 1. The summed E-state index contributed by atoms with van der Waals surface area (Å²) in [5.41, 5.74) is 1.94. The maximum absolute atomic E-state index is 12.0. The third kappa shape index (κ3) is 4.20. The van der Waals surface area contributed by atoms with Crippen LogP contribution in [0.5, 0.6) is 5.75 Å². The second-order valence-electron chi connectivity index (χ2n) is 5.03. The van der Waals surface area contributed by atoms with Crippen LogP contribution in [0.15, 0.2) is 64.8 Å². The monoisotopic (exact) mass is 325 g/mol. The van der Waals surface area contributed by atoms with Crippen molar-refractivity contribution in [2.75, 3.05) is 0 Å². The van der Waals surface area contributed by atoms with Gasteiger partial charge in [0.05, 0.1) is 11.5 Å². The number of nitrogens with one attached hydrogen (secondary N) is 1. The van der Waals surface area contributed by atoms with Crippen LogP contribution in [0.25, 0.3) is 0 Å². The number of phenols is 1. The van der Waals surface area contributed by atoms with Crippen molar-refractivity contribution >= 4 is 29.1 Å². The van der Waals surface area contributed by atoms with Gasteiger partial charge >= 0.3 is 0 Å². The van der Waals surface area contributed by atoms with E-state index in [-0.39, 0.29) is 16.9 Å². The first-order valence-electron chi connectivity index (χ1n) is 7.12. The van der Waals surface area contributed by atoms with Gasteiger partial charge in [0.15, 0.2) is 5.17 Å². The third-order valence-corrected chi connectivity index (χ3v) is 4.36. The van der Waals surface area contributed by atoms with E-state index < -0.39 is 0 Å². The lowest BCUT2D eigenvalue weighted by molar-refractivity contribution is -0.118. The van der Waals surface area contributed by atoms with Crippen molar-refractivity contribution in [2.24, 2.45) is 10.2 Å². The van der Waals surface area contributed by atoms with Crippen molar-refractivity contribution in [3.8, 4) is 5.75 Å². The molecule has 116 valence electrons. The summed E-state index contributed by atoms with van der Waals surface area (Å²) in [6.07, 6.45) is 2.24. The quantitative estimate of drug-likeness (QED) is 0.670. The highest BCUT2D eigenvalue weighted by molar-refractivity contribution is 8.15. The van der Waals surface area contributed by atoms with Crippen molar-refractivity contribution in [2.45, 2.75) is 11.7 Å². The molecule has 1 atom stereocenters. The molecule has 1 saturated heterocycles. The number of nitrogens with zero attached hydrogens (tertiary/aromatic N) is 2.